The summed E-state index contributed by atoms with van der Waals surface area (Å²) in [5.41, 5.74) is 2.24. The van der Waals surface area contributed by atoms with Crippen molar-refractivity contribution in [3.63, 3.8) is 0 Å². The van der Waals surface area contributed by atoms with Gasteiger partial charge in [0.25, 0.3) is 0 Å². The van der Waals surface area contributed by atoms with Gasteiger partial charge in [-0.05, 0) is 36.5 Å². The van der Waals surface area contributed by atoms with Gasteiger partial charge in [0.2, 0.25) is 0 Å². The summed E-state index contributed by atoms with van der Waals surface area (Å²) < 4.78 is 0. The summed E-state index contributed by atoms with van der Waals surface area (Å²) in [5.74, 6) is 0.766. The SMILES string of the molecule is CCCCC[SiH]1CCC(c2ccc(C#N)cc2)CC1. The van der Waals surface area contributed by atoms with Crippen LogP contribution < -0.4 is 0 Å². The van der Waals surface area contributed by atoms with Crippen LogP contribution in [0.5, 0.6) is 0 Å². The van der Waals surface area contributed by atoms with Crippen molar-refractivity contribution in [3.05, 3.63) is 35.4 Å². The van der Waals surface area contributed by atoms with E-state index in [4.69, 9.17) is 5.26 Å². The third kappa shape index (κ3) is 4.21. The molecule has 19 heavy (non-hydrogen) atoms. The lowest BCUT2D eigenvalue weighted by molar-refractivity contribution is 0.603. The van der Waals surface area contributed by atoms with E-state index >= 15 is 0 Å². The Kier molecular flexibility index (Phi) is 5.66. The molecule has 1 aromatic carbocycles. The number of unbranched alkanes of at least 4 members (excludes halogenated alkanes) is 2. The Morgan fingerprint density at radius 2 is 1.84 bits per heavy atom. The zero-order chi connectivity index (χ0) is 13.5. The van der Waals surface area contributed by atoms with E-state index in [0.29, 0.717) is 0 Å². The van der Waals surface area contributed by atoms with Gasteiger partial charge in [0.15, 0.2) is 0 Å². The maximum atomic E-state index is 8.83. The van der Waals surface area contributed by atoms with Crippen molar-refractivity contribution in [1.29, 1.82) is 5.26 Å². The molecule has 102 valence electrons. The lowest BCUT2D eigenvalue weighted by Gasteiger charge is -2.28. The van der Waals surface area contributed by atoms with Gasteiger partial charge >= 0.3 is 0 Å². The molecule has 1 aliphatic heterocycles. The van der Waals surface area contributed by atoms with Crippen LogP contribution in [-0.4, -0.2) is 8.80 Å². The number of hydrogen-bond acceptors (Lipinski definition) is 1. The molecule has 1 nitrogen and oxygen atoms in total. The Bertz CT molecular complexity index is 410. The standard InChI is InChI=1S/C17H25NSi/c1-2-3-4-11-19-12-9-17(10-13-19)16-7-5-15(14-18)6-8-16/h5-8,17,19H,2-4,9-13H2,1H3. The Morgan fingerprint density at radius 3 is 2.42 bits per heavy atom. The van der Waals surface area contributed by atoms with E-state index in [1.54, 1.807) is 6.04 Å². The van der Waals surface area contributed by atoms with Gasteiger partial charge in [0.05, 0.1) is 11.6 Å². The third-order valence-electron chi connectivity index (χ3n) is 4.57. The molecule has 1 aliphatic rings. The van der Waals surface area contributed by atoms with Crippen LogP contribution in [0.15, 0.2) is 24.3 Å². The summed E-state index contributed by atoms with van der Waals surface area (Å²) in [6.07, 6.45) is 7.07. The maximum Gasteiger partial charge on any atom is 0.0991 e. The molecule has 1 aromatic rings. The highest BCUT2D eigenvalue weighted by Gasteiger charge is 2.22. The Morgan fingerprint density at radius 1 is 1.16 bits per heavy atom. The average Bonchev–Trinajstić information content (AvgIpc) is 2.48. The summed E-state index contributed by atoms with van der Waals surface area (Å²) in [7, 11) is -0.388. The van der Waals surface area contributed by atoms with Crippen molar-refractivity contribution >= 4 is 8.80 Å². The van der Waals surface area contributed by atoms with E-state index in [1.165, 1.54) is 49.8 Å². The van der Waals surface area contributed by atoms with Crippen LogP contribution in [0.3, 0.4) is 0 Å². The van der Waals surface area contributed by atoms with Crippen LogP contribution in [0, 0.1) is 11.3 Å². The highest BCUT2D eigenvalue weighted by molar-refractivity contribution is 6.59. The lowest BCUT2D eigenvalue weighted by Crippen LogP contribution is -2.20. The molecule has 1 saturated heterocycles. The molecule has 0 aromatic heterocycles. The van der Waals surface area contributed by atoms with Crippen LogP contribution in [0.4, 0.5) is 0 Å². The summed E-state index contributed by atoms with van der Waals surface area (Å²) in [4.78, 5) is 0. The minimum absolute atomic E-state index is 0.388. The predicted octanol–water partition coefficient (Wildman–Crippen LogP) is 4.85. The largest absolute Gasteiger partial charge is 0.192 e. The molecule has 0 radical (unpaired) electrons. The number of nitrogens with zero attached hydrogens (tertiary/aromatic N) is 1. The highest BCUT2D eigenvalue weighted by Crippen LogP contribution is 2.35. The van der Waals surface area contributed by atoms with E-state index in [0.717, 1.165) is 11.5 Å². The first-order chi connectivity index (χ1) is 9.33. The van der Waals surface area contributed by atoms with Gasteiger partial charge in [-0.25, -0.2) is 0 Å². The first-order valence-corrected chi connectivity index (χ1v) is 10.3. The Labute approximate surface area is 119 Å². The predicted molar refractivity (Wildman–Crippen MR) is 84.2 cm³/mol. The van der Waals surface area contributed by atoms with Crippen molar-refractivity contribution in [2.24, 2.45) is 0 Å². The molecule has 2 heteroatoms. The van der Waals surface area contributed by atoms with Crippen LogP contribution in [0.25, 0.3) is 0 Å². The van der Waals surface area contributed by atoms with Crippen LogP contribution in [-0.2, 0) is 0 Å². The number of hydrogen-bond donors (Lipinski definition) is 0. The van der Waals surface area contributed by atoms with E-state index in [2.05, 4.69) is 25.1 Å². The first kappa shape index (κ1) is 14.3. The number of benzene rings is 1. The zero-order valence-electron chi connectivity index (χ0n) is 12.1. The van der Waals surface area contributed by atoms with Crippen LogP contribution in [0.2, 0.25) is 18.1 Å². The minimum atomic E-state index is -0.388. The number of rotatable bonds is 5. The maximum absolute atomic E-state index is 8.83. The average molecular weight is 271 g/mol. The van der Waals surface area contributed by atoms with Crippen LogP contribution >= 0.6 is 0 Å². The zero-order valence-corrected chi connectivity index (χ0v) is 13.2. The topological polar surface area (TPSA) is 23.8 Å². The molecule has 0 amide bonds. The van der Waals surface area contributed by atoms with E-state index in [1.807, 2.05) is 12.1 Å². The van der Waals surface area contributed by atoms with Crippen molar-refractivity contribution in [1.82, 2.24) is 0 Å². The Hall–Kier alpha value is -1.07. The molecule has 0 aliphatic carbocycles. The fraction of sp³-hybridized carbons (Fsp3) is 0.588. The van der Waals surface area contributed by atoms with E-state index < -0.39 is 0 Å². The van der Waals surface area contributed by atoms with Gasteiger partial charge in [-0.2, -0.15) is 5.26 Å². The van der Waals surface area contributed by atoms with Crippen LogP contribution in [0.1, 0.15) is 56.1 Å². The fourth-order valence-corrected chi connectivity index (χ4v) is 6.78. The normalized spacial score (nSPS) is 22.9. The monoisotopic (exact) mass is 271 g/mol. The van der Waals surface area contributed by atoms with Crippen molar-refractivity contribution in [2.75, 3.05) is 0 Å². The van der Waals surface area contributed by atoms with Crippen molar-refractivity contribution in [3.8, 4) is 6.07 Å². The Balaban J connectivity index is 1.80. The summed E-state index contributed by atoms with van der Waals surface area (Å²) in [6.45, 7) is 2.29. The van der Waals surface area contributed by atoms with Gasteiger partial charge < -0.3 is 0 Å². The molecular formula is C17H25NSi. The summed E-state index contributed by atoms with van der Waals surface area (Å²) >= 11 is 0. The summed E-state index contributed by atoms with van der Waals surface area (Å²) in [5, 5.41) is 8.83. The first-order valence-electron chi connectivity index (χ1n) is 7.83. The minimum Gasteiger partial charge on any atom is -0.192 e. The highest BCUT2D eigenvalue weighted by atomic mass is 28.3. The van der Waals surface area contributed by atoms with Gasteiger partial charge in [-0.1, -0.05) is 56.5 Å². The quantitative estimate of drug-likeness (QED) is 0.554. The second kappa shape index (κ2) is 7.50. The van der Waals surface area contributed by atoms with Gasteiger partial charge in [0, 0.05) is 8.80 Å². The molecular weight excluding hydrogens is 246 g/mol. The van der Waals surface area contributed by atoms with Gasteiger partial charge in [-0.15, -0.1) is 0 Å². The number of nitriles is 1. The molecule has 2 rings (SSSR count). The molecule has 0 saturated carbocycles. The molecule has 0 spiro atoms. The molecule has 0 N–H and O–H groups in total. The fourth-order valence-electron chi connectivity index (χ4n) is 3.30. The third-order valence-corrected chi connectivity index (χ3v) is 8.10. The van der Waals surface area contributed by atoms with Crippen molar-refractivity contribution < 1.29 is 0 Å². The van der Waals surface area contributed by atoms with E-state index in [9.17, 15) is 0 Å². The van der Waals surface area contributed by atoms with E-state index in [-0.39, 0.29) is 8.80 Å². The molecule has 1 heterocycles. The molecule has 1 fully saturated rings. The summed E-state index contributed by atoms with van der Waals surface area (Å²) in [6, 6.07) is 15.1. The smallest absolute Gasteiger partial charge is 0.0991 e. The van der Waals surface area contributed by atoms with Gasteiger partial charge in [0.1, 0.15) is 0 Å². The molecule has 0 bridgehead atoms. The second-order valence-corrected chi connectivity index (χ2v) is 9.41. The lowest BCUT2D eigenvalue weighted by atomic mass is 9.93. The van der Waals surface area contributed by atoms with Gasteiger partial charge in [-0.3, -0.25) is 0 Å². The molecule has 0 atom stereocenters. The second-order valence-electron chi connectivity index (χ2n) is 5.95. The molecule has 0 unspecified atom stereocenters. The van der Waals surface area contributed by atoms with Crippen molar-refractivity contribution in [2.45, 2.75) is 63.1 Å².